The lowest BCUT2D eigenvalue weighted by Crippen LogP contribution is -2.21. The van der Waals surface area contributed by atoms with Gasteiger partial charge in [0.15, 0.2) is 0 Å². The van der Waals surface area contributed by atoms with E-state index in [9.17, 15) is 5.11 Å². The second kappa shape index (κ2) is 6.46. The second-order valence-electron chi connectivity index (χ2n) is 5.93. The van der Waals surface area contributed by atoms with Gasteiger partial charge in [-0.15, -0.1) is 0 Å². The molecular formula is C18H23NO2. The summed E-state index contributed by atoms with van der Waals surface area (Å²) in [5, 5.41) is 15.6. The molecule has 0 radical (unpaired) electrons. The quantitative estimate of drug-likeness (QED) is 0.887. The molecule has 2 unspecified atom stereocenters. The van der Waals surface area contributed by atoms with E-state index in [2.05, 4.69) is 35.6 Å². The number of hydrogen-bond donors (Lipinski definition) is 2. The van der Waals surface area contributed by atoms with Gasteiger partial charge in [-0.3, -0.25) is 0 Å². The van der Waals surface area contributed by atoms with Crippen LogP contribution in [0.2, 0.25) is 0 Å². The molecule has 2 aromatic carbocycles. The van der Waals surface area contributed by atoms with Crippen LogP contribution in [-0.4, -0.2) is 24.9 Å². The van der Waals surface area contributed by atoms with Crippen LogP contribution in [0.4, 0.5) is 0 Å². The average Bonchev–Trinajstić information content (AvgIpc) is 2.93. The van der Waals surface area contributed by atoms with Crippen LogP contribution in [0.25, 0.3) is 10.8 Å². The van der Waals surface area contributed by atoms with E-state index in [0.717, 1.165) is 38.1 Å². The molecule has 3 heteroatoms. The molecule has 1 aliphatic carbocycles. The molecule has 2 atom stereocenters. The van der Waals surface area contributed by atoms with Crippen molar-refractivity contribution in [1.82, 2.24) is 5.32 Å². The Hall–Kier alpha value is -1.58. The smallest absolute Gasteiger partial charge is 0.123 e. The monoisotopic (exact) mass is 285 g/mol. The van der Waals surface area contributed by atoms with Crippen LogP contribution >= 0.6 is 0 Å². The number of aliphatic hydroxyl groups excluding tert-OH is 1. The topological polar surface area (TPSA) is 41.5 Å². The van der Waals surface area contributed by atoms with E-state index in [4.69, 9.17) is 4.74 Å². The maximum Gasteiger partial charge on any atom is 0.123 e. The van der Waals surface area contributed by atoms with Crippen molar-refractivity contribution in [2.24, 2.45) is 5.92 Å². The Morgan fingerprint density at radius 3 is 2.81 bits per heavy atom. The van der Waals surface area contributed by atoms with Crippen LogP contribution in [0.1, 0.15) is 24.8 Å². The molecule has 2 N–H and O–H groups in total. The predicted octanol–water partition coefficient (Wildman–Crippen LogP) is 3.10. The number of benzene rings is 2. The molecule has 0 aliphatic heterocycles. The van der Waals surface area contributed by atoms with E-state index in [-0.39, 0.29) is 6.10 Å². The van der Waals surface area contributed by atoms with E-state index in [1.807, 2.05) is 6.07 Å². The van der Waals surface area contributed by atoms with Gasteiger partial charge in [-0.2, -0.15) is 0 Å². The number of hydrogen-bond acceptors (Lipinski definition) is 3. The minimum Gasteiger partial charge on any atom is -0.496 e. The summed E-state index contributed by atoms with van der Waals surface area (Å²) < 4.78 is 5.51. The Morgan fingerprint density at radius 1 is 1.19 bits per heavy atom. The number of fused-ring (bicyclic) bond motifs is 1. The largest absolute Gasteiger partial charge is 0.496 e. The lowest BCUT2D eigenvalue weighted by Gasteiger charge is -2.15. The van der Waals surface area contributed by atoms with Gasteiger partial charge < -0.3 is 15.2 Å². The van der Waals surface area contributed by atoms with Crippen molar-refractivity contribution in [3.8, 4) is 5.75 Å². The van der Waals surface area contributed by atoms with Crippen molar-refractivity contribution in [2.45, 2.75) is 31.9 Å². The molecule has 1 aliphatic rings. The lowest BCUT2D eigenvalue weighted by atomic mass is 10.0. The maximum absolute atomic E-state index is 9.59. The van der Waals surface area contributed by atoms with Crippen LogP contribution < -0.4 is 10.1 Å². The first-order chi connectivity index (χ1) is 10.3. The SMILES string of the molecule is COc1ccc2ccccc2c1CNCC1CCC(O)C1. The van der Waals surface area contributed by atoms with Gasteiger partial charge in [0.25, 0.3) is 0 Å². The zero-order chi connectivity index (χ0) is 14.7. The third-order valence-electron chi connectivity index (χ3n) is 4.47. The van der Waals surface area contributed by atoms with Crippen LogP contribution in [0.3, 0.4) is 0 Å². The zero-order valence-electron chi connectivity index (χ0n) is 12.5. The standard InChI is InChI=1S/C18H23NO2/c1-21-18-9-7-14-4-2-3-5-16(14)17(18)12-19-11-13-6-8-15(20)10-13/h2-5,7,9,13,15,19-20H,6,8,10-12H2,1H3. The molecule has 21 heavy (non-hydrogen) atoms. The molecule has 3 nitrogen and oxygen atoms in total. The first kappa shape index (κ1) is 14.4. The maximum atomic E-state index is 9.59. The summed E-state index contributed by atoms with van der Waals surface area (Å²) in [6.07, 6.45) is 2.91. The average molecular weight is 285 g/mol. The summed E-state index contributed by atoms with van der Waals surface area (Å²) in [5.41, 5.74) is 1.22. The molecule has 2 aromatic rings. The van der Waals surface area contributed by atoms with Gasteiger partial charge in [-0.1, -0.05) is 30.3 Å². The van der Waals surface area contributed by atoms with E-state index in [0.29, 0.717) is 5.92 Å². The molecule has 0 heterocycles. The summed E-state index contributed by atoms with van der Waals surface area (Å²) in [6.45, 7) is 1.76. The third-order valence-corrected chi connectivity index (χ3v) is 4.47. The van der Waals surface area contributed by atoms with Gasteiger partial charge in [0, 0.05) is 12.1 Å². The van der Waals surface area contributed by atoms with Crippen molar-refractivity contribution in [2.75, 3.05) is 13.7 Å². The fourth-order valence-electron chi connectivity index (χ4n) is 3.32. The highest BCUT2D eigenvalue weighted by molar-refractivity contribution is 5.87. The Bertz CT molecular complexity index is 611. The summed E-state index contributed by atoms with van der Waals surface area (Å²) >= 11 is 0. The number of nitrogens with one attached hydrogen (secondary N) is 1. The fourth-order valence-corrected chi connectivity index (χ4v) is 3.32. The molecule has 3 rings (SSSR count). The van der Waals surface area contributed by atoms with Gasteiger partial charge >= 0.3 is 0 Å². The fraction of sp³-hybridized carbons (Fsp3) is 0.444. The van der Waals surface area contributed by atoms with Crippen molar-refractivity contribution >= 4 is 10.8 Å². The Balaban J connectivity index is 1.73. The number of rotatable bonds is 5. The summed E-state index contributed by atoms with van der Waals surface area (Å²) in [4.78, 5) is 0. The van der Waals surface area contributed by atoms with Crippen molar-refractivity contribution in [3.05, 3.63) is 42.0 Å². The van der Waals surface area contributed by atoms with Crippen molar-refractivity contribution in [1.29, 1.82) is 0 Å². The molecule has 0 amide bonds. The van der Waals surface area contributed by atoms with Gasteiger partial charge in [0.2, 0.25) is 0 Å². The number of ether oxygens (including phenoxy) is 1. The molecule has 0 bridgehead atoms. The summed E-state index contributed by atoms with van der Waals surface area (Å²) in [6, 6.07) is 12.5. The highest BCUT2D eigenvalue weighted by Crippen LogP contribution is 2.28. The number of methoxy groups -OCH3 is 1. The molecule has 1 saturated carbocycles. The molecule has 0 spiro atoms. The predicted molar refractivity (Wildman–Crippen MR) is 85.6 cm³/mol. The normalized spacial score (nSPS) is 21.8. The zero-order valence-corrected chi connectivity index (χ0v) is 12.5. The van der Waals surface area contributed by atoms with Crippen LogP contribution in [0.15, 0.2) is 36.4 Å². The first-order valence-electron chi connectivity index (χ1n) is 7.71. The lowest BCUT2D eigenvalue weighted by molar-refractivity contribution is 0.177. The van der Waals surface area contributed by atoms with E-state index >= 15 is 0 Å². The van der Waals surface area contributed by atoms with Gasteiger partial charge in [0.1, 0.15) is 5.75 Å². The molecule has 1 fully saturated rings. The van der Waals surface area contributed by atoms with Gasteiger partial charge in [-0.05, 0) is 48.6 Å². The van der Waals surface area contributed by atoms with Gasteiger partial charge in [0.05, 0.1) is 13.2 Å². The minimum atomic E-state index is -0.0936. The number of aliphatic hydroxyl groups is 1. The molecule has 0 saturated heterocycles. The highest BCUT2D eigenvalue weighted by atomic mass is 16.5. The van der Waals surface area contributed by atoms with Crippen molar-refractivity contribution in [3.63, 3.8) is 0 Å². The Morgan fingerprint density at radius 2 is 2.05 bits per heavy atom. The molecule has 0 aromatic heterocycles. The Kier molecular flexibility index (Phi) is 4.42. The van der Waals surface area contributed by atoms with E-state index in [1.54, 1.807) is 7.11 Å². The van der Waals surface area contributed by atoms with E-state index < -0.39 is 0 Å². The Labute approximate surface area is 125 Å². The summed E-state index contributed by atoms with van der Waals surface area (Å²) in [7, 11) is 1.72. The van der Waals surface area contributed by atoms with Crippen molar-refractivity contribution < 1.29 is 9.84 Å². The minimum absolute atomic E-state index is 0.0936. The van der Waals surface area contributed by atoms with Crippen LogP contribution in [0.5, 0.6) is 5.75 Å². The molecule has 112 valence electrons. The van der Waals surface area contributed by atoms with Gasteiger partial charge in [-0.25, -0.2) is 0 Å². The van der Waals surface area contributed by atoms with Crippen LogP contribution in [-0.2, 0) is 6.54 Å². The summed E-state index contributed by atoms with van der Waals surface area (Å²) in [5.74, 6) is 1.54. The van der Waals surface area contributed by atoms with Crippen LogP contribution in [0, 0.1) is 5.92 Å². The second-order valence-corrected chi connectivity index (χ2v) is 5.93. The third kappa shape index (κ3) is 3.20. The first-order valence-corrected chi connectivity index (χ1v) is 7.71. The molecular weight excluding hydrogens is 262 g/mol. The highest BCUT2D eigenvalue weighted by Gasteiger charge is 2.22. The van der Waals surface area contributed by atoms with E-state index in [1.165, 1.54) is 16.3 Å².